The standard InChI is InChI=1S/C23H21FN2O5/c1-3-11-31-23(28)22-15(2)25(14-16-7-9-19(10-8-16)26(29)30)21(27)13-20(22)17-5-4-6-18(24)12-17/h3-10,12,20H,1,11,13-14H2,2H3/t20-/m0/s1. The van der Waals surface area contributed by atoms with Gasteiger partial charge in [-0.05, 0) is 30.2 Å². The number of nitrogens with zero attached hydrogens (tertiary/aromatic N) is 2. The molecule has 31 heavy (non-hydrogen) atoms. The minimum Gasteiger partial charge on any atom is -0.458 e. The number of carbonyl (C=O) groups excluding carboxylic acids is 2. The SMILES string of the molecule is C=CCOC(=O)C1=C(C)N(Cc2ccc([N+](=O)[O-])cc2)C(=O)C[C@H]1c1cccc(F)c1. The summed E-state index contributed by atoms with van der Waals surface area (Å²) in [5.74, 6) is -1.96. The van der Waals surface area contributed by atoms with Crippen molar-refractivity contribution in [3.05, 3.63) is 99.5 Å². The van der Waals surface area contributed by atoms with Crippen molar-refractivity contribution < 1.29 is 23.6 Å². The first-order valence-electron chi connectivity index (χ1n) is 9.59. The molecule has 1 heterocycles. The normalized spacial score (nSPS) is 16.3. The Morgan fingerprint density at radius 2 is 2.03 bits per heavy atom. The van der Waals surface area contributed by atoms with Crippen LogP contribution in [0.25, 0.3) is 0 Å². The first-order valence-corrected chi connectivity index (χ1v) is 9.59. The average molecular weight is 424 g/mol. The topological polar surface area (TPSA) is 89.8 Å². The number of nitro groups is 1. The molecule has 1 amide bonds. The number of nitro benzene ring substituents is 1. The van der Waals surface area contributed by atoms with Gasteiger partial charge < -0.3 is 9.64 Å². The fourth-order valence-electron chi connectivity index (χ4n) is 3.59. The zero-order valence-electron chi connectivity index (χ0n) is 16.9. The molecule has 1 aliphatic rings. The Hall–Kier alpha value is -3.81. The van der Waals surface area contributed by atoms with Crippen LogP contribution in [0, 0.1) is 15.9 Å². The van der Waals surface area contributed by atoms with Gasteiger partial charge in [-0.15, -0.1) is 0 Å². The number of halogens is 1. The maximum atomic E-state index is 13.8. The van der Waals surface area contributed by atoms with Crippen molar-refractivity contribution >= 4 is 17.6 Å². The van der Waals surface area contributed by atoms with Crippen LogP contribution in [0.2, 0.25) is 0 Å². The van der Waals surface area contributed by atoms with Gasteiger partial charge in [0.15, 0.2) is 0 Å². The molecule has 0 spiro atoms. The molecule has 7 nitrogen and oxygen atoms in total. The van der Waals surface area contributed by atoms with Crippen molar-refractivity contribution in [1.29, 1.82) is 0 Å². The number of allylic oxidation sites excluding steroid dienone is 1. The number of rotatable bonds is 7. The lowest BCUT2D eigenvalue weighted by atomic mass is 9.83. The van der Waals surface area contributed by atoms with Gasteiger partial charge >= 0.3 is 5.97 Å². The lowest BCUT2D eigenvalue weighted by molar-refractivity contribution is -0.384. The summed E-state index contributed by atoms with van der Waals surface area (Å²) in [4.78, 5) is 37.6. The third kappa shape index (κ3) is 4.85. The van der Waals surface area contributed by atoms with Crippen LogP contribution < -0.4 is 0 Å². The first kappa shape index (κ1) is 21.9. The minimum absolute atomic E-state index is 0.00177. The molecular weight excluding hydrogens is 403 g/mol. The Morgan fingerprint density at radius 3 is 2.65 bits per heavy atom. The molecule has 0 saturated carbocycles. The third-order valence-electron chi connectivity index (χ3n) is 5.11. The highest BCUT2D eigenvalue weighted by Gasteiger charge is 2.37. The number of non-ortho nitro benzene ring substituents is 1. The smallest absolute Gasteiger partial charge is 0.336 e. The Balaban J connectivity index is 1.99. The van der Waals surface area contributed by atoms with Crippen LogP contribution in [-0.2, 0) is 20.9 Å². The molecule has 2 aromatic rings. The van der Waals surface area contributed by atoms with Crippen molar-refractivity contribution in [2.24, 2.45) is 0 Å². The summed E-state index contributed by atoms with van der Waals surface area (Å²) in [6, 6.07) is 11.6. The van der Waals surface area contributed by atoms with Crippen molar-refractivity contribution in [2.75, 3.05) is 6.61 Å². The maximum absolute atomic E-state index is 13.8. The molecule has 1 aliphatic heterocycles. The largest absolute Gasteiger partial charge is 0.458 e. The fourth-order valence-corrected chi connectivity index (χ4v) is 3.59. The zero-order chi connectivity index (χ0) is 22.5. The Labute approximate surface area is 178 Å². The van der Waals surface area contributed by atoms with Crippen molar-refractivity contribution in [2.45, 2.75) is 25.8 Å². The molecule has 0 fully saturated rings. The minimum atomic E-state index is -0.645. The molecule has 0 saturated heterocycles. The molecule has 0 N–H and O–H groups in total. The van der Waals surface area contributed by atoms with Gasteiger partial charge in [-0.2, -0.15) is 0 Å². The molecule has 0 unspecified atom stereocenters. The van der Waals surface area contributed by atoms with E-state index < -0.39 is 22.6 Å². The average Bonchev–Trinajstić information content (AvgIpc) is 2.74. The van der Waals surface area contributed by atoms with E-state index in [1.165, 1.54) is 41.3 Å². The van der Waals surface area contributed by atoms with Crippen molar-refractivity contribution in [1.82, 2.24) is 4.90 Å². The molecule has 0 radical (unpaired) electrons. The summed E-state index contributed by atoms with van der Waals surface area (Å²) in [6.07, 6.45) is 1.40. The highest BCUT2D eigenvalue weighted by Crippen LogP contribution is 2.38. The second kappa shape index (κ2) is 9.34. The summed E-state index contributed by atoms with van der Waals surface area (Å²) in [7, 11) is 0. The quantitative estimate of drug-likeness (QED) is 0.287. The molecule has 8 heteroatoms. The number of carbonyl (C=O) groups is 2. The number of benzene rings is 2. The van der Waals surface area contributed by atoms with E-state index in [0.717, 1.165) is 0 Å². The van der Waals surface area contributed by atoms with Gasteiger partial charge in [0.25, 0.3) is 5.69 Å². The Bertz CT molecular complexity index is 1060. The van der Waals surface area contributed by atoms with Gasteiger partial charge in [0, 0.05) is 30.2 Å². The number of hydrogen-bond acceptors (Lipinski definition) is 5. The third-order valence-corrected chi connectivity index (χ3v) is 5.11. The Kier molecular flexibility index (Phi) is 6.59. The van der Waals surface area contributed by atoms with Crippen LogP contribution in [0.15, 0.2) is 72.5 Å². The van der Waals surface area contributed by atoms with Crippen LogP contribution in [-0.4, -0.2) is 28.3 Å². The predicted molar refractivity (Wildman–Crippen MR) is 111 cm³/mol. The van der Waals surface area contributed by atoms with Crippen LogP contribution in [0.5, 0.6) is 0 Å². The van der Waals surface area contributed by atoms with Crippen LogP contribution in [0.3, 0.4) is 0 Å². The van der Waals surface area contributed by atoms with Gasteiger partial charge in [0.2, 0.25) is 5.91 Å². The highest BCUT2D eigenvalue weighted by molar-refractivity contribution is 5.95. The maximum Gasteiger partial charge on any atom is 0.336 e. The molecule has 3 rings (SSSR count). The molecule has 0 bridgehead atoms. The van der Waals surface area contributed by atoms with Crippen LogP contribution in [0.4, 0.5) is 10.1 Å². The summed E-state index contributed by atoms with van der Waals surface area (Å²) < 4.78 is 19.0. The number of ether oxygens (including phenoxy) is 1. The van der Waals surface area contributed by atoms with Gasteiger partial charge in [-0.25, -0.2) is 9.18 Å². The lowest BCUT2D eigenvalue weighted by Crippen LogP contribution is -2.38. The highest BCUT2D eigenvalue weighted by atomic mass is 19.1. The van der Waals surface area contributed by atoms with E-state index in [9.17, 15) is 24.1 Å². The van der Waals surface area contributed by atoms with Crippen molar-refractivity contribution in [3.8, 4) is 0 Å². The monoisotopic (exact) mass is 424 g/mol. The van der Waals surface area contributed by atoms with Crippen LogP contribution >= 0.6 is 0 Å². The van der Waals surface area contributed by atoms with Gasteiger partial charge in [-0.3, -0.25) is 14.9 Å². The number of amides is 1. The van der Waals surface area contributed by atoms with E-state index in [-0.39, 0.29) is 36.7 Å². The summed E-state index contributed by atoms with van der Waals surface area (Å²) in [5, 5.41) is 10.9. The molecule has 2 aromatic carbocycles. The molecule has 0 aliphatic carbocycles. The van der Waals surface area contributed by atoms with Gasteiger partial charge in [0.1, 0.15) is 12.4 Å². The summed E-state index contributed by atoms with van der Waals surface area (Å²) >= 11 is 0. The summed E-state index contributed by atoms with van der Waals surface area (Å²) in [6.45, 7) is 5.31. The second-order valence-corrected chi connectivity index (χ2v) is 7.10. The second-order valence-electron chi connectivity index (χ2n) is 7.10. The summed E-state index contributed by atoms with van der Waals surface area (Å²) in [5.41, 5.74) is 1.79. The fraction of sp³-hybridized carbons (Fsp3) is 0.217. The van der Waals surface area contributed by atoms with E-state index in [1.54, 1.807) is 25.1 Å². The number of hydrogen-bond donors (Lipinski definition) is 0. The molecule has 160 valence electrons. The van der Waals surface area contributed by atoms with E-state index >= 15 is 0 Å². The van der Waals surface area contributed by atoms with E-state index in [4.69, 9.17) is 4.74 Å². The molecular formula is C23H21FN2O5. The molecule has 1 atom stereocenters. The van der Waals surface area contributed by atoms with Crippen LogP contribution in [0.1, 0.15) is 30.4 Å². The first-order chi connectivity index (χ1) is 14.8. The Morgan fingerprint density at radius 1 is 1.32 bits per heavy atom. The van der Waals surface area contributed by atoms with E-state index in [1.807, 2.05) is 0 Å². The number of esters is 1. The van der Waals surface area contributed by atoms with Crippen molar-refractivity contribution in [3.63, 3.8) is 0 Å². The van der Waals surface area contributed by atoms with Gasteiger partial charge in [0.05, 0.1) is 17.0 Å². The van der Waals surface area contributed by atoms with E-state index in [0.29, 0.717) is 16.8 Å². The predicted octanol–water partition coefficient (Wildman–Crippen LogP) is 4.25. The van der Waals surface area contributed by atoms with Gasteiger partial charge in [-0.1, -0.05) is 36.9 Å². The zero-order valence-corrected chi connectivity index (χ0v) is 16.9. The van der Waals surface area contributed by atoms with E-state index in [2.05, 4.69) is 6.58 Å². The molecule has 0 aromatic heterocycles. The lowest BCUT2D eigenvalue weighted by Gasteiger charge is -2.34.